The van der Waals surface area contributed by atoms with Crippen molar-refractivity contribution in [1.29, 1.82) is 0 Å². The van der Waals surface area contributed by atoms with Crippen LogP contribution in [0.1, 0.15) is 31.9 Å². The molecule has 0 aliphatic heterocycles. The Morgan fingerprint density at radius 1 is 1.36 bits per heavy atom. The van der Waals surface area contributed by atoms with Gasteiger partial charge in [-0.3, -0.25) is 14.0 Å². The first-order chi connectivity index (χ1) is 10.7. The van der Waals surface area contributed by atoms with E-state index in [9.17, 15) is 9.59 Å². The maximum atomic E-state index is 12.3. The van der Waals surface area contributed by atoms with Gasteiger partial charge in [-0.05, 0) is 18.6 Å². The third kappa shape index (κ3) is 2.87. The highest BCUT2D eigenvalue weighted by atomic mass is 32.1. The molecule has 2 aromatic heterocycles. The molecule has 22 heavy (non-hydrogen) atoms. The summed E-state index contributed by atoms with van der Waals surface area (Å²) in [5, 5.41) is 0. The molecule has 0 fully saturated rings. The van der Waals surface area contributed by atoms with Crippen molar-refractivity contribution in [3.8, 4) is 0 Å². The van der Waals surface area contributed by atoms with E-state index >= 15 is 0 Å². The highest BCUT2D eigenvalue weighted by molar-refractivity contribution is 7.23. The molecule has 0 aliphatic rings. The van der Waals surface area contributed by atoms with E-state index in [0.29, 0.717) is 17.1 Å². The molecule has 0 saturated heterocycles. The molecule has 3 aromatic rings. The number of benzene rings is 1. The Balaban J connectivity index is 1.88. The maximum Gasteiger partial charge on any atom is 0.306 e. The van der Waals surface area contributed by atoms with E-state index in [0.717, 1.165) is 23.1 Å². The molecule has 0 radical (unpaired) electrons. The Hall–Kier alpha value is -2.21. The predicted octanol–water partition coefficient (Wildman–Crippen LogP) is 3.14. The van der Waals surface area contributed by atoms with Crippen LogP contribution in [0.25, 0.3) is 15.2 Å². The van der Waals surface area contributed by atoms with Gasteiger partial charge in [0.15, 0.2) is 4.96 Å². The van der Waals surface area contributed by atoms with Gasteiger partial charge in [0.2, 0.25) is 0 Å². The molecule has 0 atom stereocenters. The summed E-state index contributed by atoms with van der Waals surface area (Å²) in [7, 11) is 0. The van der Waals surface area contributed by atoms with Crippen molar-refractivity contribution in [2.45, 2.75) is 32.8 Å². The summed E-state index contributed by atoms with van der Waals surface area (Å²) in [6.45, 7) is 2.06. The van der Waals surface area contributed by atoms with Gasteiger partial charge < -0.3 is 4.74 Å². The number of hydrogen-bond donors (Lipinski definition) is 0. The lowest BCUT2D eigenvalue weighted by Crippen LogP contribution is -2.15. The number of aromatic nitrogens is 2. The van der Waals surface area contributed by atoms with Crippen molar-refractivity contribution in [2.24, 2.45) is 0 Å². The van der Waals surface area contributed by atoms with Crippen LogP contribution in [0.15, 0.2) is 35.1 Å². The van der Waals surface area contributed by atoms with Gasteiger partial charge in [0.05, 0.1) is 15.9 Å². The van der Waals surface area contributed by atoms with Crippen LogP contribution in [0.2, 0.25) is 0 Å². The van der Waals surface area contributed by atoms with E-state index in [4.69, 9.17) is 4.74 Å². The van der Waals surface area contributed by atoms with Crippen LogP contribution in [-0.4, -0.2) is 15.4 Å². The SMILES string of the molecule is CCCCC(=O)OCc1cc(=O)n2c(n1)sc1ccccc12. The smallest absolute Gasteiger partial charge is 0.306 e. The zero-order valence-electron chi connectivity index (χ0n) is 12.2. The van der Waals surface area contributed by atoms with Gasteiger partial charge in [-0.25, -0.2) is 4.98 Å². The van der Waals surface area contributed by atoms with E-state index in [-0.39, 0.29) is 18.1 Å². The minimum absolute atomic E-state index is 0.0442. The van der Waals surface area contributed by atoms with Gasteiger partial charge in [-0.2, -0.15) is 0 Å². The highest BCUT2D eigenvalue weighted by Crippen LogP contribution is 2.23. The maximum absolute atomic E-state index is 12.3. The van der Waals surface area contributed by atoms with E-state index in [1.165, 1.54) is 17.4 Å². The molecule has 0 amide bonds. The monoisotopic (exact) mass is 316 g/mol. The number of fused-ring (bicyclic) bond motifs is 3. The Morgan fingerprint density at radius 3 is 3.00 bits per heavy atom. The molecule has 0 aliphatic carbocycles. The molecule has 3 rings (SSSR count). The first-order valence-electron chi connectivity index (χ1n) is 7.25. The number of carbonyl (C=O) groups is 1. The van der Waals surface area contributed by atoms with Crippen LogP contribution in [-0.2, 0) is 16.1 Å². The molecule has 0 spiro atoms. The third-order valence-electron chi connectivity index (χ3n) is 3.36. The molecule has 5 nitrogen and oxygen atoms in total. The molecule has 6 heteroatoms. The molecule has 0 bridgehead atoms. The first kappa shape index (κ1) is 14.7. The Morgan fingerprint density at radius 2 is 2.18 bits per heavy atom. The van der Waals surface area contributed by atoms with Crippen molar-refractivity contribution < 1.29 is 9.53 Å². The number of hydrogen-bond acceptors (Lipinski definition) is 5. The zero-order chi connectivity index (χ0) is 15.5. The largest absolute Gasteiger partial charge is 0.459 e. The molecule has 114 valence electrons. The molecule has 0 saturated carbocycles. The van der Waals surface area contributed by atoms with E-state index in [2.05, 4.69) is 4.98 Å². The first-order valence-corrected chi connectivity index (χ1v) is 8.06. The van der Waals surface area contributed by atoms with Gasteiger partial charge >= 0.3 is 5.97 Å². The lowest BCUT2D eigenvalue weighted by molar-refractivity contribution is -0.145. The van der Waals surface area contributed by atoms with E-state index in [1.54, 1.807) is 4.40 Å². The topological polar surface area (TPSA) is 60.7 Å². The molecule has 0 unspecified atom stereocenters. The number of para-hydroxylation sites is 1. The summed E-state index contributed by atoms with van der Waals surface area (Å²) in [5.41, 5.74) is 1.19. The second-order valence-corrected chi connectivity index (χ2v) is 6.05. The second kappa shape index (κ2) is 6.27. The summed E-state index contributed by atoms with van der Waals surface area (Å²) in [4.78, 5) is 28.9. The fraction of sp³-hybridized carbons (Fsp3) is 0.312. The van der Waals surface area contributed by atoms with E-state index < -0.39 is 0 Å². The van der Waals surface area contributed by atoms with Crippen molar-refractivity contribution in [1.82, 2.24) is 9.38 Å². The lowest BCUT2D eigenvalue weighted by Gasteiger charge is -2.04. The normalized spacial score (nSPS) is 11.1. The van der Waals surface area contributed by atoms with Gasteiger partial charge in [-0.1, -0.05) is 36.8 Å². The summed E-state index contributed by atoms with van der Waals surface area (Å²) in [6, 6.07) is 9.10. The van der Waals surface area contributed by atoms with Crippen LogP contribution >= 0.6 is 11.3 Å². The average Bonchev–Trinajstić information content (AvgIpc) is 2.89. The Kier molecular flexibility index (Phi) is 4.20. The fourth-order valence-corrected chi connectivity index (χ4v) is 3.29. The van der Waals surface area contributed by atoms with Crippen LogP contribution in [0.3, 0.4) is 0 Å². The van der Waals surface area contributed by atoms with Gasteiger partial charge in [0, 0.05) is 12.5 Å². The third-order valence-corrected chi connectivity index (χ3v) is 4.39. The average molecular weight is 316 g/mol. The quantitative estimate of drug-likeness (QED) is 0.678. The van der Waals surface area contributed by atoms with Crippen LogP contribution in [0.4, 0.5) is 0 Å². The summed E-state index contributed by atoms with van der Waals surface area (Å²) >= 11 is 1.45. The van der Waals surface area contributed by atoms with Crippen LogP contribution in [0, 0.1) is 0 Å². The van der Waals surface area contributed by atoms with Crippen molar-refractivity contribution in [2.75, 3.05) is 0 Å². The minimum Gasteiger partial charge on any atom is -0.459 e. The lowest BCUT2D eigenvalue weighted by atomic mass is 10.2. The minimum atomic E-state index is -0.250. The van der Waals surface area contributed by atoms with Gasteiger partial charge in [0.25, 0.3) is 5.56 Å². The molecular weight excluding hydrogens is 300 g/mol. The predicted molar refractivity (Wildman–Crippen MR) is 86.2 cm³/mol. The number of ether oxygens (including phenoxy) is 1. The van der Waals surface area contributed by atoms with Crippen molar-refractivity contribution in [3.05, 3.63) is 46.4 Å². The Labute approximate surface area is 131 Å². The van der Waals surface area contributed by atoms with E-state index in [1.807, 2.05) is 31.2 Å². The second-order valence-electron chi connectivity index (χ2n) is 5.04. The zero-order valence-corrected chi connectivity index (χ0v) is 13.1. The van der Waals surface area contributed by atoms with Gasteiger partial charge in [-0.15, -0.1) is 0 Å². The number of rotatable bonds is 5. The molecular formula is C16H16N2O3S. The summed E-state index contributed by atoms with van der Waals surface area (Å²) in [5.74, 6) is -0.250. The summed E-state index contributed by atoms with van der Waals surface area (Å²) in [6.07, 6.45) is 2.16. The number of thiazole rings is 1. The van der Waals surface area contributed by atoms with Crippen molar-refractivity contribution in [3.63, 3.8) is 0 Å². The fourth-order valence-electron chi connectivity index (χ4n) is 2.24. The molecule has 1 aromatic carbocycles. The standard InChI is InChI=1S/C16H16N2O3S/c1-2-3-8-15(20)21-10-11-9-14(19)18-12-6-4-5-7-13(12)22-16(18)17-11/h4-7,9H,2-3,8,10H2,1H3. The van der Waals surface area contributed by atoms with Crippen LogP contribution in [0.5, 0.6) is 0 Å². The Bertz CT molecular complexity index is 882. The number of unbranched alkanes of at least 4 members (excludes halogenated alkanes) is 1. The van der Waals surface area contributed by atoms with Crippen LogP contribution < -0.4 is 5.56 Å². The summed E-state index contributed by atoms with van der Waals surface area (Å²) < 4.78 is 7.75. The van der Waals surface area contributed by atoms with Crippen molar-refractivity contribution >= 4 is 32.5 Å². The molecule has 2 heterocycles. The number of carbonyl (C=O) groups excluding carboxylic acids is 1. The molecule has 0 N–H and O–H groups in total. The van der Waals surface area contributed by atoms with Gasteiger partial charge in [0.1, 0.15) is 6.61 Å². The number of nitrogens with zero attached hydrogens (tertiary/aromatic N) is 2. The highest BCUT2D eigenvalue weighted by Gasteiger charge is 2.10. The number of esters is 1.